The zero-order valence-corrected chi connectivity index (χ0v) is 19.1. The zero-order chi connectivity index (χ0) is 24.3. The molecule has 2 N–H and O–H groups in total. The van der Waals surface area contributed by atoms with E-state index in [1.165, 1.54) is 12.3 Å². The zero-order valence-electron chi connectivity index (χ0n) is 18.3. The SMILES string of the molecule is CCC(=O)Nc1ccc(C(=O)N/N=C/c2cc(Cl)ccc2OC(=O)/C=C/c2ccccc2)cc1. The Morgan fingerprint density at radius 3 is 2.44 bits per heavy atom. The number of hydrogen-bond donors (Lipinski definition) is 2. The molecule has 0 fully saturated rings. The Morgan fingerprint density at radius 1 is 1.00 bits per heavy atom. The van der Waals surface area contributed by atoms with E-state index in [2.05, 4.69) is 15.8 Å². The van der Waals surface area contributed by atoms with Crippen LogP contribution in [0.25, 0.3) is 6.08 Å². The molecule has 0 aromatic heterocycles. The van der Waals surface area contributed by atoms with Crippen LogP contribution in [0.4, 0.5) is 5.69 Å². The van der Waals surface area contributed by atoms with Gasteiger partial charge in [0.2, 0.25) is 5.91 Å². The minimum absolute atomic E-state index is 0.115. The number of halogens is 1. The van der Waals surface area contributed by atoms with Crippen molar-refractivity contribution in [1.29, 1.82) is 0 Å². The molecule has 0 saturated carbocycles. The van der Waals surface area contributed by atoms with Crippen LogP contribution in [-0.4, -0.2) is 24.0 Å². The van der Waals surface area contributed by atoms with E-state index in [9.17, 15) is 14.4 Å². The molecule has 0 bridgehead atoms. The molecule has 0 atom stereocenters. The number of hydrazone groups is 1. The first-order chi connectivity index (χ1) is 16.4. The maximum Gasteiger partial charge on any atom is 0.336 e. The fourth-order valence-electron chi connectivity index (χ4n) is 2.76. The van der Waals surface area contributed by atoms with E-state index >= 15 is 0 Å². The molecule has 3 aromatic carbocycles. The van der Waals surface area contributed by atoms with Gasteiger partial charge in [0.25, 0.3) is 5.91 Å². The van der Waals surface area contributed by atoms with Gasteiger partial charge in [-0.2, -0.15) is 5.10 Å². The van der Waals surface area contributed by atoms with Crippen molar-refractivity contribution in [2.45, 2.75) is 13.3 Å². The molecule has 2 amide bonds. The van der Waals surface area contributed by atoms with E-state index in [-0.39, 0.29) is 11.7 Å². The molecule has 7 nitrogen and oxygen atoms in total. The number of rotatable bonds is 8. The molecule has 3 aromatic rings. The fourth-order valence-corrected chi connectivity index (χ4v) is 2.94. The lowest BCUT2D eigenvalue weighted by molar-refractivity contribution is -0.128. The Balaban J connectivity index is 1.63. The van der Waals surface area contributed by atoms with Gasteiger partial charge in [-0.3, -0.25) is 9.59 Å². The van der Waals surface area contributed by atoms with Gasteiger partial charge in [0, 0.05) is 34.3 Å². The fraction of sp³-hybridized carbons (Fsp3) is 0.0769. The number of amides is 2. The number of nitrogens with zero attached hydrogens (tertiary/aromatic N) is 1. The van der Waals surface area contributed by atoms with Gasteiger partial charge in [-0.15, -0.1) is 0 Å². The third-order valence-electron chi connectivity index (χ3n) is 4.52. The van der Waals surface area contributed by atoms with Crippen LogP contribution in [0.15, 0.2) is 84.0 Å². The topological polar surface area (TPSA) is 96.9 Å². The highest BCUT2D eigenvalue weighted by atomic mass is 35.5. The number of hydrogen-bond acceptors (Lipinski definition) is 5. The first-order valence-electron chi connectivity index (χ1n) is 10.4. The van der Waals surface area contributed by atoms with Crippen LogP contribution in [0.1, 0.15) is 34.8 Å². The van der Waals surface area contributed by atoms with E-state index in [0.717, 1.165) is 5.56 Å². The van der Waals surface area contributed by atoms with Crippen molar-refractivity contribution < 1.29 is 19.1 Å². The summed E-state index contributed by atoms with van der Waals surface area (Å²) in [4.78, 5) is 36.0. The Labute approximate surface area is 202 Å². The van der Waals surface area contributed by atoms with E-state index in [0.29, 0.717) is 28.3 Å². The third-order valence-corrected chi connectivity index (χ3v) is 4.75. The summed E-state index contributed by atoms with van der Waals surface area (Å²) in [5.41, 5.74) is 4.63. The summed E-state index contributed by atoms with van der Waals surface area (Å²) in [6.45, 7) is 1.75. The van der Waals surface area contributed by atoms with E-state index < -0.39 is 11.9 Å². The van der Waals surface area contributed by atoms with Crippen molar-refractivity contribution in [2.75, 3.05) is 5.32 Å². The molecular weight excluding hydrogens is 454 g/mol. The molecule has 0 unspecified atom stereocenters. The van der Waals surface area contributed by atoms with Crippen molar-refractivity contribution in [3.05, 3.63) is 101 Å². The second kappa shape index (κ2) is 12.1. The maximum atomic E-state index is 12.3. The monoisotopic (exact) mass is 475 g/mol. The molecule has 172 valence electrons. The van der Waals surface area contributed by atoms with Crippen molar-refractivity contribution >= 4 is 47.4 Å². The number of ether oxygens (including phenoxy) is 1. The molecule has 3 rings (SSSR count). The van der Waals surface area contributed by atoms with E-state index in [1.54, 1.807) is 55.5 Å². The van der Waals surface area contributed by atoms with Gasteiger partial charge in [0.05, 0.1) is 6.21 Å². The summed E-state index contributed by atoms with van der Waals surface area (Å²) in [7, 11) is 0. The number of benzene rings is 3. The molecule has 34 heavy (non-hydrogen) atoms. The molecule has 0 spiro atoms. The van der Waals surface area contributed by atoms with E-state index in [1.807, 2.05) is 30.3 Å². The van der Waals surface area contributed by atoms with Gasteiger partial charge in [-0.05, 0) is 54.1 Å². The van der Waals surface area contributed by atoms with Gasteiger partial charge in [0.1, 0.15) is 5.75 Å². The summed E-state index contributed by atoms with van der Waals surface area (Å²) in [6.07, 6.45) is 4.66. The summed E-state index contributed by atoms with van der Waals surface area (Å²) in [5, 5.41) is 7.07. The maximum absolute atomic E-state index is 12.3. The van der Waals surface area contributed by atoms with Crippen molar-refractivity contribution in [1.82, 2.24) is 5.43 Å². The summed E-state index contributed by atoms with van der Waals surface area (Å²) in [5.74, 6) is -0.896. The van der Waals surface area contributed by atoms with Crippen LogP contribution in [0.2, 0.25) is 5.02 Å². The molecular formula is C26H22ClN3O4. The first-order valence-corrected chi connectivity index (χ1v) is 10.8. The lowest BCUT2D eigenvalue weighted by Gasteiger charge is -2.07. The molecule has 0 aliphatic carbocycles. The number of esters is 1. The standard InChI is InChI=1S/C26H22ClN3O4/c1-2-24(31)29-22-12-9-19(10-13-22)26(33)30-28-17-20-16-21(27)11-14-23(20)34-25(32)15-8-18-6-4-3-5-7-18/h3-17H,2H2,1H3,(H,29,31)(H,30,33)/b15-8+,28-17+. The average molecular weight is 476 g/mol. The highest BCUT2D eigenvalue weighted by Crippen LogP contribution is 2.22. The number of carbonyl (C=O) groups excluding carboxylic acids is 3. The van der Waals surface area contributed by atoms with Crippen LogP contribution in [0.3, 0.4) is 0 Å². The smallest absolute Gasteiger partial charge is 0.336 e. The Morgan fingerprint density at radius 2 is 1.74 bits per heavy atom. The Kier molecular flexibility index (Phi) is 8.71. The van der Waals surface area contributed by atoms with Gasteiger partial charge < -0.3 is 10.1 Å². The van der Waals surface area contributed by atoms with Crippen LogP contribution in [0, 0.1) is 0 Å². The first kappa shape index (κ1) is 24.4. The highest BCUT2D eigenvalue weighted by molar-refractivity contribution is 6.31. The molecule has 0 radical (unpaired) electrons. The number of nitrogens with one attached hydrogen (secondary N) is 2. The van der Waals surface area contributed by atoms with Crippen LogP contribution < -0.4 is 15.5 Å². The molecule has 0 heterocycles. The second-order valence-electron chi connectivity index (χ2n) is 7.03. The van der Waals surface area contributed by atoms with Crippen molar-refractivity contribution in [2.24, 2.45) is 5.10 Å². The lowest BCUT2D eigenvalue weighted by Crippen LogP contribution is -2.18. The van der Waals surface area contributed by atoms with Crippen molar-refractivity contribution in [3.63, 3.8) is 0 Å². The summed E-state index contributed by atoms with van der Waals surface area (Å²) < 4.78 is 5.40. The van der Waals surface area contributed by atoms with Gasteiger partial charge in [-0.25, -0.2) is 10.2 Å². The largest absolute Gasteiger partial charge is 0.423 e. The van der Waals surface area contributed by atoms with Crippen LogP contribution in [0.5, 0.6) is 5.75 Å². The van der Waals surface area contributed by atoms with Gasteiger partial charge >= 0.3 is 5.97 Å². The van der Waals surface area contributed by atoms with Crippen LogP contribution >= 0.6 is 11.6 Å². The molecule has 0 aliphatic rings. The highest BCUT2D eigenvalue weighted by Gasteiger charge is 2.08. The minimum atomic E-state index is -0.569. The predicted molar refractivity (Wildman–Crippen MR) is 133 cm³/mol. The summed E-state index contributed by atoms with van der Waals surface area (Å²) >= 11 is 6.06. The molecule has 0 aliphatic heterocycles. The average Bonchev–Trinajstić information content (AvgIpc) is 2.85. The molecule has 8 heteroatoms. The third kappa shape index (κ3) is 7.43. The predicted octanol–water partition coefficient (Wildman–Crippen LogP) is 5.07. The Bertz CT molecular complexity index is 1220. The van der Waals surface area contributed by atoms with E-state index in [4.69, 9.17) is 16.3 Å². The van der Waals surface area contributed by atoms with Gasteiger partial charge in [0.15, 0.2) is 0 Å². The minimum Gasteiger partial charge on any atom is -0.423 e. The number of anilines is 1. The lowest BCUT2D eigenvalue weighted by atomic mass is 10.2. The van der Waals surface area contributed by atoms with Crippen molar-refractivity contribution in [3.8, 4) is 5.75 Å². The molecule has 0 saturated heterocycles. The van der Waals surface area contributed by atoms with Crippen LogP contribution in [-0.2, 0) is 9.59 Å². The van der Waals surface area contributed by atoms with Gasteiger partial charge in [-0.1, -0.05) is 48.9 Å². The second-order valence-corrected chi connectivity index (χ2v) is 7.46. The quantitative estimate of drug-likeness (QED) is 0.156. The summed E-state index contributed by atoms with van der Waals surface area (Å²) in [6, 6.07) is 20.4. The number of carbonyl (C=O) groups is 3. The Hall–Kier alpha value is -4.23. The normalized spacial score (nSPS) is 10.9.